The summed E-state index contributed by atoms with van der Waals surface area (Å²) in [5, 5.41) is 3.46. The highest BCUT2D eigenvalue weighted by Gasteiger charge is 2.36. The zero-order valence-corrected chi connectivity index (χ0v) is 7.22. The Labute approximate surface area is 68.5 Å². The third kappa shape index (κ3) is 1.30. The van der Waals surface area contributed by atoms with Crippen LogP contribution >= 0.6 is 0 Å². The fraction of sp³-hybridized carbons (Fsp3) is 1.00. The van der Waals surface area contributed by atoms with Crippen LogP contribution in [0.4, 0.5) is 0 Å². The molecule has 1 saturated heterocycles. The first-order valence-electron chi connectivity index (χ1n) is 4.73. The Kier molecular flexibility index (Phi) is 1.90. The van der Waals surface area contributed by atoms with Gasteiger partial charge in [-0.25, -0.2) is 0 Å². The van der Waals surface area contributed by atoms with E-state index >= 15 is 0 Å². The molecule has 1 aliphatic carbocycles. The van der Waals surface area contributed by atoms with E-state index in [0.717, 1.165) is 30.8 Å². The minimum absolute atomic E-state index is 0.493. The van der Waals surface area contributed by atoms with E-state index in [9.17, 15) is 0 Å². The number of piperidine rings is 1. The Morgan fingerprint density at radius 3 is 2.27 bits per heavy atom. The molecule has 0 radical (unpaired) electrons. The molecule has 2 atom stereocenters. The fourth-order valence-corrected chi connectivity index (χ4v) is 2.72. The quantitative estimate of drug-likeness (QED) is 0.535. The van der Waals surface area contributed by atoms with Crippen molar-refractivity contribution >= 4 is 0 Å². The molecule has 11 heavy (non-hydrogen) atoms. The monoisotopic (exact) mass is 154 g/mol. The van der Waals surface area contributed by atoms with Crippen LogP contribution in [0.1, 0.15) is 19.8 Å². The van der Waals surface area contributed by atoms with Crippen molar-refractivity contribution in [3.63, 3.8) is 0 Å². The Bertz CT molecular complexity index is 132. The van der Waals surface area contributed by atoms with Gasteiger partial charge in [-0.1, -0.05) is 6.92 Å². The molecule has 1 heterocycles. The second-order valence-electron chi connectivity index (χ2n) is 4.33. The smallest absolute Gasteiger partial charge is 0.0120 e. The highest BCUT2D eigenvalue weighted by atomic mass is 14.9. The molecule has 0 amide bonds. The van der Waals surface area contributed by atoms with Crippen LogP contribution in [0.5, 0.6) is 0 Å². The molecule has 64 valence electrons. The van der Waals surface area contributed by atoms with E-state index in [-0.39, 0.29) is 0 Å². The molecule has 0 aromatic heterocycles. The number of nitrogens with one attached hydrogen (secondary N) is 1. The van der Waals surface area contributed by atoms with Gasteiger partial charge in [-0.3, -0.25) is 0 Å². The summed E-state index contributed by atoms with van der Waals surface area (Å²) in [5.74, 6) is 2.43. The third-order valence-corrected chi connectivity index (χ3v) is 3.31. The van der Waals surface area contributed by atoms with E-state index < -0.39 is 0 Å². The second-order valence-corrected chi connectivity index (χ2v) is 4.33. The van der Waals surface area contributed by atoms with Crippen molar-refractivity contribution < 1.29 is 0 Å². The van der Waals surface area contributed by atoms with Crippen LogP contribution in [0.3, 0.4) is 0 Å². The standard InChI is InChI=1S/C9H18N2/c1-6-2-7-4-11-5-8(3-6)9(7)10/h6-9,11H,2-5,10H2,1H3. The van der Waals surface area contributed by atoms with Crippen LogP contribution in [-0.2, 0) is 0 Å². The summed E-state index contributed by atoms with van der Waals surface area (Å²) in [7, 11) is 0. The Balaban J connectivity index is 2.07. The van der Waals surface area contributed by atoms with Crippen LogP contribution in [0.25, 0.3) is 0 Å². The molecule has 3 N–H and O–H groups in total. The first kappa shape index (κ1) is 7.56. The fourth-order valence-electron chi connectivity index (χ4n) is 2.72. The maximum Gasteiger partial charge on any atom is 0.0120 e. The molecule has 1 saturated carbocycles. The molecule has 1 aliphatic heterocycles. The van der Waals surface area contributed by atoms with Crippen molar-refractivity contribution in [3.8, 4) is 0 Å². The summed E-state index contributed by atoms with van der Waals surface area (Å²) in [5.41, 5.74) is 6.11. The van der Waals surface area contributed by atoms with Gasteiger partial charge in [-0.05, 0) is 43.7 Å². The van der Waals surface area contributed by atoms with Gasteiger partial charge >= 0.3 is 0 Å². The lowest BCUT2D eigenvalue weighted by Crippen LogP contribution is -2.55. The maximum atomic E-state index is 6.11. The van der Waals surface area contributed by atoms with Gasteiger partial charge in [0.2, 0.25) is 0 Å². The maximum absolute atomic E-state index is 6.11. The molecule has 0 spiro atoms. The zero-order valence-electron chi connectivity index (χ0n) is 7.22. The van der Waals surface area contributed by atoms with Crippen molar-refractivity contribution in [1.29, 1.82) is 0 Å². The molecule has 2 unspecified atom stereocenters. The van der Waals surface area contributed by atoms with Crippen LogP contribution in [0, 0.1) is 17.8 Å². The van der Waals surface area contributed by atoms with Crippen molar-refractivity contribution in [3.05, 3.63) is 0 Å². The molecule has 2 aliphatic rings. The molecular formula is C9H18N2. The van der Waals surface area contributed by atoms with Gasteiger partial charge in [-0.15, -0.1) is 0 Å². The SMILES string of the molecule is CC1CC2CNCC(C1)C2N. The molecule has 0 aromatic carbocycles. The van der Waals surface area contributed by atoms with Gasteiger partial charge in [0.15, 0.2) is 0 Å². The molecular weight excluding hydrogens is 136 g/mol. The van der Waals surface area contributed by atoms with Crippen LogP contribution in [0.2, 0.25) is 0 Å². The zero-order chi connectivity index (χ0) is 7.84. The van der Waals surface area contributed by atoms with Crippen LogP contribution in [0.15, 0.2) is 0 Å². The van der Waals surface area contributed by atoms with Gasteiger partial charge < -0.3 is 11.1 Å². The molecule has 2 rings (SSSR count). The van der Waals surface area contributed by atoms with Gasteiger partial charge in [-0.2, -0.15) is 0 Å². The Hall–Kier alpha value is -0.0800. The summed E-state index contributed by atoms with van der Waals surface area (Å²) in [6.45, 7) is 4.67. The minimum Gasteiger partial charge on any atom is -0.327 e. The largest absolute Gasteiger partial charge is 0.327 e. The molecule has 0 aromatic rings. The Morgan fingerprint density at radius 2 is 1.73 bits per heavy atom. The van der Waals surface area contributed by atoms with Crippen molar-refractivity contribution in [2.75, 3.05) is 13.1 Å². The lowest BCUT2D eigenvalue weighted by atomic mass is 9.70. The first-order chi connectivity index (χ1) is 5.27. The summed E-state index contributed by atoms with van der Waals surface area (Å²) in [6, 6.07) is 0.493. The predicted octanol–water partition coefficient (Wildman–Crippen LogP) is 0.579. The van der Waals surface area contributed by atoms with Crippen molar-refractivity contribution in [2.24, 2.45) is 23.5 Å². The van der Waals surface area contributed by atoms with E-state index in [4.69, 9.17) is 5.73 Å². The lowest BCUT2D eigenvalue weighted by molar-refractivity contribution is 0.129. The van der Waals surface area contributed by atoms with E-state index in [2.05, 4.69) is 12.2 Å². The topological polar surface area (TPSA) is 38.0 Å². The lowest BCUT2D eigenvalue weighted by Gasteiger charge is -2.43. The van der Waals surface area contributed by atoms with E-state index in [0.29, 0.717) is 6.04 Å². The summed E-state index contributed by atoms with van der Waals surface area (Å²) < 4.78 is 0. The number of fused-ring (bicyclic) bond motifs is 2. The van der Waals surface area contributed by atoms with Gasteiger partial charge in [0.25, 0.3) is 0 Å². The molecule has 2 heteroatoms. The van der Waals surface area contributed by atoms with E-state index in [1.807, 2.05) is 0 Å². The minimum atomic E-state index is 0.493. The number of hydrogen-bond acceptors (Lipinski definition) is 2. The summed E-state index contributed by atoms with van der Waals surface area (Å²) >= 11 is 0. The summed E-state index contributed by atoms with van der Waals surface area (Å²) in [6.07, 6.45) is 2.68. The summed E-state index contributed by atoms with van der Waals surface area (Å²) in [4.78, 5) is 0. The number of rotatable bonds is 0. The highest BCUT2D eigenvalue weighted by molar-refractivity contribution is 4.93. The second kappa shape index (κ2) is 2.76. The molecule has 2 bridgehead atoms. The highest BCUT2D eigenvalue weighted by Crippen LogP contribution is 2.33. The molecule has 2 fully saturated rings. The van der Waals surface area contributed by atoms with Gasteiger partial charge in [0.05, 0.1) is 0 Å². The Morgan fingerprint density at radius 1 is 1.18 bits per heavy atom. The van der Waals surface area contributed by atoms with Crippen LogP contribution in [-0.4, -0.2) is 19.1 Å². The molecule has 2 nitrogen and oxygen atoms in total. The number of hydrogen-bond donors (Lipinski definition) is 2. The normalized spacial score (nSPS) is 50.7. The van der Waals surface area contributed by atoms with E-state index in [1.165, 1.54) is 12.8 Å². The average Bonchev–Trinajstić information content (AvgIpc) is 1.92. The average molecular weight is 154 g/mol. The predicted molar refractivity (Wildman–Crippen MR) is 46.2 cm³/mol. The third-order valence-electron chi connectivity index (χ3n) is 3.31. The first-order valence-corrected chi connectivity index (χ1v) is 4.73. The van der Waals surface area contributed by atoms with E-state index in [1.54, 1.807) is 0 Å². The number of nitrogens with two attached hydrogens (primary N) is 1. The van der Waals surface area contributed by atoms with Crippen molar-refractivity contribution in [1.82, 2.24) is 5.32 Å². The van der Waals surface area contributed by atoms with Gasteiger partial charge in [0, 0.05) is 6.04 Å². The van der Waals surface area contributed by atoms with Crippen molar-refractivity contribution in [2.45, 2.75) is 25.8 Å². The van der Waals surface area contributed by atoms with Crippen LogP contribution < -0.4 is 11.1 Å². The van der Waals surface area contributed by atoms with Gasteiger partial charge in [0.1, 0.15) is 0 Å².